The van der Waals surface area contributed by atoms with Crippen molar-refractivity contribution in [3.05, 3.63) is 63.9 Å². The van der Waals surface area contributed by atoms with Crippen molar-refractivity contribution in [3.8, 4) is 0 Å². The van der Waals surface area contributed by atoms with Crippen LogP contribution in [0.5, 0.6) is 0 Å². The summed E-state index contributed by atoms with van der Waals surface area (Å²) in [4.78, 5) is 19.6. The number of nitrogens with zero attached hydrogens (tertiary/aromatic N) is 2. The molecule has 3 heterocycles. The maximum absolute atomic E-state index is 13.4. The van der Waals surface area contributed by atoms with Gasteiger partial charge in [-0.05, 0) is 42.5 Å². The molecule has 1 unspecified atom stereocenters. The summed E-state index contributed by atoms with van der Waals surface area (Å²) in [6.07, 6.45) is 6.43. The molecule has 1 spiro atoms. The summed E-state index contributed by atoms with van der Waals surface area (Å²) < 4.78 is 7.20. The summed E-state index contributed by atoms with van der Waals surface area (Å²) >= 11 is 3.63. The van der Waals surface area contributed by atoms with Crippen molar-refractivity contribution < 1.29 is 9.53 Å². The van der Waals surface area contributed by atoms with Gasteiger partial charge in [-0.25, -0.2) is 0 Å². The third kappa shape index (κ3) is 2.22. The molecular weight excluding hydrogens is 380 g/mol. The number of hydrogen-bond donors (Lipinski definition) is 0. The van der Waals surface area contributed by atoms with Gasteiger partial charge in [0.15, 0.2) is 0 Å². The average Bonchev–Trinajstić information content (AvgIpc) is 3.21. The predicted molar refractivity (Wildman–Crippen MR) is 97.0 cm³/mol. The second kappa shape index (κ2) is 5.39. The molecule has 1 aromatic carbocycles. The Labute approximate surface area is 155 Å². The fourth-order valence-corrected chi connectivity index (χ4v) is 5.11. The Balaban J connectivity index is 1.43. The molecule has 1 aliphatic carbocycles. The first-order valence-electron chi connectivity index (χ1n) is 8.76. The van der Waals surface area contributed by atoms with E-state index in [0.29, 0.717) is 13.2 Å². The van der Waals surface area contributed by atoms with Crippen LogP contribution in [0.15, 0.2) is 47.2 Å². The standard InChI is InChI=1S/C20H19BrN2O2/c21-17-4-2-1-3-16(17)19(6-7-19)18(24)23-10-8-20(13-23)15-5-9-22-11-14(15)12-25-20/h1-5,9,11H,6-8,10,12-13H2. The topological polar surface area (TPSA) is 42.4 Å². The minimum atomic E-state index is -0.342. The van der Waals surface area contributed by atoms with Gasteiger partial charge in [0, 0.05) is 29.0 Å². The Morgan fingerprint density at radius 3 is 2.80 bits per heavy atom. The van der Waals surface area contributed by atoms with Gasteiger partial charge >= 0.3 is 0 Å². The smallest absolute Gasteiger partial charge is 0.233 e. The lowest BCUT2D eigenvalue weighted by Gasteiger charge is -2.27. The second-order valence-electron chi connectivity index (χ2n) is 7.35. The van der Waals surface area contributed by atoms with Crippen molar-refractivity contribution in [1.29, 1.82) is 0 Å². The molecule has 2 fully saturated rings. The summed E-state index contributed by atoms with van der Waals surface area (Å²) in [5.74, 6) is 0.252. The molecule has 1 saturated heterocycles. The number of benzene rings is 1. The molecule has 0 radical (unpaired) electrons. The molecule has 4 nitrogen and oxygen atoms in total. The number of ether oxygens (including phenoxy) is 1. The first kappa shape index (κ1) is 15.5. The maximum Gasteiger partial charge on any atom is 0.233 e. The van der Waals surface area contributed by atoms with Gasteiger partial charge in [0.25, 0.3) is 0 Å². The lowest BCUT2D eigenvalue weighted by atomic mass is 9.92. The number of amides is 1. The lowest BCUT2D eigenvalue weighted by Crippen LogP contribution is -2.40. The van der Waals surface area contributed by atoms with Crippen LogP contribution in [0.3, 0.4) is 0 Å². The first-order chi connectivity index (χ1) is 12.1. The van der Waals surface area contributed by atoms with Crippen molar-refractivity contribution in [2.24, 2.45) is 0 Å². The highest BCUT2D eigenvalue weighted by Crippen LogP contribution is 2.53. The summed E-state index contributed by atoms with van der Waals surface area (Å²) in [6.45, 7) is 2.00. The van der Waals surface area contributed by atoms with Crippen LogP contribution >= 0.6 is 15.9 Å². The van der Waals surface area contributed by atoms with Crippen molar-refractivity contribution in [3.63, 3.8) is 0 Å². The molecular formula is C20H19BrN2O2. The zero-order valence-electron chi connectivity index (χ0n) is 13.9. The van der Waals surface area contributed by atoms with Crippen molar-refractivity contribution in [2.75, 3.05) is 13.1 Å². The van der Waals surface area contributed by atoms with Crippen LogP contribution < -0.4 is 0 Å². The lowest BCUT2D eigenvalue weighted by molar-refractivity contribution is -0.134. The summed E-state index contributed by atoms with van der Waals surface area (Å²) in [5.41, 5.74) is 2.81. The van der Waals surface area contributed by atoms with E-state index in [1.807, 2.05) is 35.5 Å². The van der Waals surface area contributed by atoms with Crippen molar-refractivity contribution in [1.82, 2.24) is 9.88 Å². The highest BCUT2D eigenvalue weighted by molar-refractivity contribution is 9.10. The van der Waals surface area contributed by atoms with Crippen LogP contribution in [0.2, 0.25) is 0 Å². The van der Waals surface area contributed by atoms with E-state index in [-0.39, 0.29) is 16.9 Å². The molecule has 128 valence electrons. The molecule has 1 amide bonds. The fourth-order valence-electron chi connectivity index (χ4n) is 4.45. The first-order valence-corrected chi connectivity index (χ1v) is 9.56. The third-order valence-electron chi connectivity index (χ3n) is 5.97. The predicted octanol–water partition coefficient (Wildman–Crippen LogP) is 3.53. The van der Waals surface area contributed by atoms with Crippen LogP contribution in [0.25, 0.3) is 0 Å². The molecule has 5 rings (SSSR count). The molecule has 3 aliphatic rings. The van der Waals surface area contributed by atoms with Crippen LogP contribution in [-0.4, -0.2) is 28.9 Å². The molecule has 1 saturated carbocycles. The van der Waals surface area contributed by atoms with Gasteiger partial charge in [-0.1, -0.05) is 34.1 Å². The van der Waals surface area contributed by atoms with Gasteiger partial charge in [-0.2, -0.15) is 0 Å². The molecule has 0 bridgehead atoms. The Bertz CT molecular complexity index is 864. The number of carbonyl (C=O) groups is 1. The van der Waals surface area contributed by atoms with Crippen LogP contribution in [0, 0.1) is 0 Å². The van der Waals surface area contributed by atoms with Gasteiger partial charge in [0.05, 0.1) is 18.6 Å². The summed E-state index contributed by atoms with van der Waals surface area (Å²) in [5, 5.41) is 0. The van der Waals surface area contributed by atoms with E-state index >= 15 is 0 Å². The van der Waals surface area contributed by atoms with Gasteiger partial charge < -0.3 is 9.64 Å². The third-order valence-corrected chi connectivity index (χ3v) is 6.66. The van der Waals surface area contributed by atoms with Gasteiger partial charge in [0.2, 0.25) is 5.91 Å². The number of pyridine rings is 1. The zero-order valence-corrected chi connectivity index (χ0v) is 15.5. The number of fused-ring (bicyclic) bond motifs is 2. The number of aromatic nitrogens is 1. The van der Waals surface area contributed by atoms with Gasteiger partial charge in [-0.15, -0.1) is 0 Å². The van der Waals surface area contributed by atoms with E-state index in [9.17, 15) is 4.79 Å². The monoisotopic (exact) mass is 398 g/mol. The van der Waals surface area contributed by atoms with E-state index in [2.05, 4.69) is 33.0 Å². The van der Waals surface area contributed by atoms with E-state index in [0.717, 1.165) is 41.4 Å². The highest BCUT2D eigenvalue weighted by Gasteiger charge is 2.57. The minimum absolute atomic E-state index is 0.252. The van der Waals surface area contributed by atoms with Gasteiger partial charge in [0.1, 0.15) is 5.60 Å². The minimum Gasteiger partial charge on any atom is -0.364 e. The van der Waals surface area contributed by atoms with E-state index in [1.54, 1.807) is 0 Å². The molecule has 2 aromatic rings. The van der Waals surface area contributed by atoms with E-state index in [4.69, 9.17) is 4.74 Å². The molecule has 1 atom stereocenters. The summed E-state index contributed by atoms with van der Waals surface area (Å²) in [7, 11) is 0. The van der Waals surface area contributed by atoms with E-state index in [1.165, 1.54) is 5.56 Å². The molecule has 1 aromatic heterocycles. The fraction of sp³-hybridized carbons (Fsp3) is 0.400. The quantitative estimate of drug-likeness (QED) is 0.776. The van der Waals surface area contributed by atoms with Crippen molar-refractivity contribution in [2.45, 2.75) is 36.9 Å². The Morgan fingerprint density at radius 1 is 1.16 bits per heavy atom. The number of hydrogen-bond acceptors (Lipinski definition) is 3. The average molecular weight is 399 g/mol. The Kier molecular flexibility index (Phi) is 3.35. The molecule has 5 heteroatoms. The number of halogens is 1. The van der Waals surface area contributed by atoms with Crippen LogP contribution in [-0.2, 0) is 27.2 Å². The SMILES string of the molecule is O=C(N1CCC2(C1)OCc1cnccc12)C1(c2ccccc2Br)CC1. The second-order valence-corrected chi connectivity index (χ2v) is 8.21. The highest BCUT2D eigenvalue weighted by atomic mass is 79.9. The van der Waals surface area contributed by atoms with Crippen LogP contribution in [0.4, 0.5) is 0 Å². The Morgan fingerprint density at radius 2 is 2.00 bits per heavy atom. The van der Waals surface area contributed by atoms with Gasteiger partial charge in [-0.3, -0.25) is 9.78 Å². The van der Waals surface area contributed by atoms with E-state index < -0.39 is 0 Å². The number of rotatable bonds is 2. The zero-order chi connectivity index (χ0) is 17.1. The number of carbonyl (C=O) groups excluding carboxylic acids is 1. The van der Waals surface area contributed by atoms with Crippen molar-refractivity contribution >= 4 is 21.8 Å². The normalized spacial score (nSPS) is 26.0. The summed E-state index contributed by atoms with van der Waals surface area (Å²) in [6, 6.07) is 10.2. The largest absolute Gasteiger partial charge is 0.364 e. The number of likely N-dealkylation sites (tertiary alicyclic amines) is 1. The Hall–Kier alpha value is -1.72. The maximum atomic E-state index is 13.4. The van der Waals surface area contributed by atoms with Crippen LogP contribution in [0.1, 0.15) is 36.0 Å². The molecule has 0 N–H and O–H groups in total. The molecule has 25 heavy (non-hydrogen) atoms. The molecule has 2 aliphatic heterocycles.